The minimum Gasteiger partial charge on any atom is -0.358 e. The van der Waals surface area contributed by atoms with Gasteiger partial charge in [0.1, 0.15) is 5.03 Å². The van der Waals surface area contributed by atoms with Crippen molar-refractivity contribution in [2.75, 3.05) is 13.1 Å². The lowest BCUT2D eigenvalue weighted by atomic mass is 10.5. The van der Waals surface area contributed by atoms with Crippen LogP contribution in [-0.2, 0) is 0 Å². The van der Waals surface area contributed by atoms with E-state index in [0.717, 1.165) is 19.3 Å². The van der Waals surface area contributed by atoms with E-state index in [0.29, 0.717) is 5.03 Å². The topological polar surface area (TPSA) is 46.4 Å². The number of likely N-dealkylation sites (N-methyl/N-ethyl adjacent to an activating group) is 1. The van der Waals surface area contributed by atoms with Crippen molar-refractivity contribution in [3.8, 4) is 0 Å². The van der Waals surface area contributed by atoms with E-state index in [1.165, 1.54) is 11.8 Å². The van der Waals surface area contributed by atoms with Crippen molar-refractivity contribution in [1.82, 2.24) is 4.90 Å². The van der Waals surface area contributed by atoms with Gasteiger partial charge in [-0.05, 0) is 12.3 Å². The highest BCUT2D eigenvalue weighted by atomic mass is 32.2. The average molecular weight is 186 g/mol. The predicted molar refractivity (Wildman–Crippen MR) is 49.1 cm³/mol. The first kappa shape index (κ1) is 9.12. The van der Waals surface area contributed by atoms with Gasteiger partial charge in [0.05, 0.1) is 4.92 Å². The molecule has 0 radical (unpaired) electrons. The van der Waals surface area contributed by atoms with Gasteiger partial charge in [-0.2, -0.15) is 0 Å². The van der Waals surface area contributed by atoms with E-state index >= 15 is 0 Å². The molecule has 0 aromatic carbocycles. The van der Waals surface area contributed by atoms with Crippen LogP contribution in [0.5, 0.6) is 0 Å². The second-order valence-corrected chi connectivity index (χ2v) is 3.21. The van der Waals surface area contributed by atoms with E-state index in [-0.39, 0.29) is 0 Å². The molecule has 1 aliphatic rings. The van der Waals surface area contributed by atoms with Crippen LogP contribution in [0.15, 0.2) is 22.7 Å². The van der Waals surface area contributed by atoms with E-state index < -0.39 is 4.92 Å². The molecule has 0 N–H and O–H groups in total. The molecule has 0 fully saturated rings. The van der Waals surface area contributed by atoms with Crippen molar-refractivity contribution in [2.24, 2.45) is 0 Å². The summed E-state index contributed by atoms with van der Waals surface area (Å²) in [5, 5.41) is 12.8. The first-order valence-corrected chi connectivity index (χ1v) is 4.54. The number of nitrogens with zero attached hydrogens (tertiary/aromatic N) is 2. The van der Waals surface area contributed by atoms with Crippen LogP contribution in [0.2, 0.25) is 0 Å². The molecule has 1 heterocycles. The quantitative estimate of drug-likeness (QED) is 0.486. The third-order valence-electron chi connectivity index (χ3n) is 1.52. The lowest BCUT2D eigenvalue weighted by Gasteiger charge is -2.23. The maximum absolute atomic E-state index is 10.2. The molecule has 0 bridgehead atoms. The van der Waals surface area contributed by atoms with Gasteiger partial charge in [-0.25, -0.2) is 0 Å². The fourth-order valence-corrected chi connectivity index (χ4v) is 1.76. The molecule has 4 nitrogen and oxygen atoms in total. The molecule has 0 saturated carbocycles. The lowest BCUT2D eigenvalue weighted by molar-refractivity contribution is -0.403. The van der Waals surface area contributed by atoms with Gasteiger partial charge in [0.15, 0.2) is 0 Å². The average Bonchev–Trinajstić information content (AvgIpc) is 2.04. The summed E-state index contributed by atoms with van der Waals surface area (Å²) < 4.78 is 0. The summed E-state index contributed by atoms with van der Waals surface area (Å²) >= 11 is 1.39. The fourth-order valence-electron chi connectivity index (χ4n) is 0.940. The van der Waals surface area contributed by atoms with Gasteiger partial charge in [0.2, 0.25) is 0 Å². The fraction of sp³-hybridized carbons (Fsp3) is 0.429. The van der Waals surface area contributed by atoms with E-state index in [9.17, 15) is 10.1 Å². The Morgan fingerprint density at radius 2 is 2.67 bits per heavy atom. The van der Waals surface area contributed by atoms with Gasteiger partial charge in [0, 0.05) is 13.1 Å². The van der Waals surface area contributed by atoms with Crippen molar-refractivity contribution in [3.05, 3.63) is 32.8 Å². The van der Waals surface area contributed by atoms with Crippen LogP contribution in [0.25, 0.3) is 0 Å². The third kappa shape index (κ3) is 2.27. The van der Waals surface area contributed by atoms with E-state index in [2.05, 4.69) is 0 Å². The Morgan fingerprint density at radius 3 is 3.25 bits per heavy atom. The van der Waals surface area contributed by atoms with Crippen molar-refractivity contribution in [3.63, 3.8) is 0 Å². The van der Waals surface area contributed by atoms with Crippen LogP contribution >= 0.6 is 11.8 Å². The third-order valence-corrected chi connectivity index (χ3v) is 2.45. The van der Waals surface area contributed by atoms with Crippen molar-refractivity contribution < 1.29 is 4.92 Å². The van der Waals surface area contributed by atoms with Gasteiger partial charge in [-0.15, -0.1) is 0 Å². The van der Waals surface area contributed by atoms with Crippen LogP contribution in [0.4, 0.5) is 0 Å². The normalized spacial score (nSPS) is 20.1. The van der Waals surface area contributed by atoms with Crippen molar-refractivity contribution in [2.45, 2.75) is 6.92 Å². The molecule has 0 atom stereocenters. The Labute approximate surface area is 75.1 Å². The second-order valence-electron chi connectivity index (χ2n) is 2.28. The van der Waals surface area contributed by atoms with Gasteiger partial charge < -0.3 is 4.90 Å². The highest BCUT2D eigenvalue weighted by molar-refractivity contribution is 8.05. The Bertz CT molecular complexity index is 238. The summed E-state index contributed by atoms with van der Waals surface area (Å²) in [5.74, 6) is 0. The van der Waals surface area contributed by atoms with E-state index in [4.69, 9.17) is 0 Å². The van der Waals surface area contributed by atoms with E-state index in [1.54, 1.807) is 0 Å². The van der Waals surface area contributed by atoms with Gasteiger partial charge in [-0.3, -0.25) is 10.1 Å². The number of hydrogen-bond donors (Lipinski definition) is 0. The van der Waals surface area contributed by atoms with Crippen LogP contribution in [-0.4, -0.2) is 22.9 Å². The number of nitro groups is 1. The highest BCUT2D eigenvalue weighted by Crippen LogP contribution is 2.24. The molecule has 0 aliphatic carbocycles. The summed E-state index contributed by atoms with van der Waals surface area (Å²) in [7, 11) is 0. The van der Waals surface area contributed by atoms with Crippen LogP contribution in [0.1, 0.15) is 6.92 Å². The molecule has 0 aromatic heterocycles. The molecule has 1 aliphatic heterocycles. The zero-order chi connectivity index (χ0) is 8.97. The maximum atomic E-state index is 10.2. The summed E-state index contributed by atoms with van der Waals surface area (Å²) in [6.07, 6.45) is 3.04. The Hall–Kier alpha value is -0.970. The number of thioether (sulfide) groups is 1. The van der Waals surface area contributed by atoms with Crippen LogP contribution in [0.3, 0.4) is 0 Å². The molecular formula is C7H10N2O2S. The molecule has 12 heavy (non-hydrogen) atoms. The molecule has 1 rings (SSSR count). The van der Waals surface area contributed by atoms with Crippen LogP contribution < -0.4 is 0 Å². The Kier molecular flexibility index (Phi) is 3.16. The van der Waals surface area contributed by atoms with Gasteiger partial charge in [0.25, 0.3) is 6.20 Å². The smallest absolute Gasteiger partial charge is 0.264 e. The molecule has 0 spiro atoms. The summed E-state index contributed by atoms with van der Waals surface area (Å²) in [6, 6.07) is 0. The standard InChI is InChI=1S/C7H10N2O2S/c1-2-8-4-3-5-12-7(8)6-9(10)11/h3,5-6H,2,4H2,1H3. The van der Waals surface area contributed by atoms with Crippen molar-refractivity contribution >= 4 is 11.8 Å². The molecule has 0 unspecified atom stereocenters. The SMILES string of the molecule is CCN1CC=CSC1=C[N+](=O)[O-]. The molecule has 0 amide bonds. The van der Waals surface area contributed by atoms with Crippen LogP contribution in [0, 0.1) is 10.1 Å². The molecule has 5 heteroatoms. The van der Waals surface area contributed by atoms with Gasteiger partial charge >= 0.3 is 0 Å². The largest absolute Gasteiger partial charge is 0.358 e. The second kappa shape index (κ2) is 4.15. The zero-order valence-corrected chi connectivity index (χ0v) is 7.58. The minimum atomic E-state index is -0.413. The number of rotatable bonds is 2. The molecule has 0 saturated heterocycles. The highest BCUT2D eigenvalue weighted by Gasteiger charge is 2.12. The molecule has 0 aromatic rings. The van der Waals surface area contributed by atoms with E-state index in [1.807, 2.05) is 23.3 Å². The summed E-state index contributed by atoms with van der Waals surface area (Å²) in [5.41, 5.74) is 0. The van der Waals surface area contributed by atoms with Gasteiger partial charge in [-0.1, -0.05) is 17.8 Å². The minimum absolute atomic E-state index is 0.413. The Balaban J connectivity index is 2.73. The Morgan fingerprint density at radius 1 is 1.92 bits per heavy atom. The maximum Gasteiger partial charge on any atom is 0.264 e. The monoisotopic (exact) mass is 186 g/mol. The first-order chi connectivity index (χ1) is 5.74. The lowest BCUT2D eigenvalue weighted by Crippen LogP contribution is -2.23. The van der Waals surface area contributed by atoms with Crippen molar-refractivity contribution in [1.29, 1.82) is 0 Å². The summed E-state index contributed by atoms with van der Waals surface area (Å²) in [4.78, 5) is 11.7. The zero-order valence-electron chi connectivity index (χ0n) is 6.77. The first-order valence-electron chi connectivity index (χ1n) is 3.66. The predicted octanol–water partition coefficient (Wildman–Crippen LogP) is 1.64. The summed E-state index contributed by atoms with van der Waals surface area (Å²) in [6.45, 7) is 3.55. The molecular weight excluding hydrogens is 176 g/mol. The number of hydrogen-bond acceptors (Lipinski definition) is 4. The molecule has 66 valence electrons.